The van der Waals surface area contributed by atoms with Crippen molar-refractivity contribution in [1.82, 2.24) is 10.2 Å². The molecule has 0 aromatic carbocycles. The van der Waals surface area contributed by atoms with Gasteiger partial charge in [0.15, 0.2) is 0 Å². The molecule has 1 saturated heterocycles. The molecule has 2 unspecified atom stereocenters. The molecule has 17 heavy (non-hydrogen) atoms. The molecule has 0 aromatic rings. The van der Waals surface area contributed by atoms with Crippen molar-refractivity contribution in [3.8, 4) is 12.3 Å². The lowest BCUT2D eigenvalue weighted by Crippen LogP contribution is -2.64. The van der Waals surface area contributed by atoms with Crippen LogP contribution in [0.5, 0.6) is 0 Å². The minimum absolute atomic E-state index is 0.342. The van der Waals surface area contributed by atoms with Gasteiger partial charge in [-0.15, -0.1) is 6.42 Å². The Balaban J connectivity index is 2.06. The van der Waals surface area contributed by atoms with E-state index in [1.54, 1.807) is 0 Å². The maximum absolute atomic E-state index is 5.73. The maximum Gasteiger partial charge on any atom is 0.0715 e. The Morgan fingerprint density at radius 3 is 2.76 bits per heavy atom. The fourth-order valence-corrected chi connectivity index (χ4v) is 3.47. The fraction of sp³-hybridized carbons (Fsp3) is 0.867. The Morgan fingerprint density at radius 1 is 1.47 bits per heavy atom. The van der Waals surface area contributed by atoms with Crippen LogP contribution in [0.1, 0.15) is 52.4 Å². The number of piperazine rings is 1. The average molecular weight is 234 g/mol. The van der Waals surface area contributed by atoms with Crippen molar-refractivity contribution in [2.24, 2.45) is 0 Å². The molecule has 1 N–H and O–H groups in total. The Hall–Kier alpha value is -0.520. The molecule has 0 aromatic heterocycles. The van der Waals surface area contributed by atoms with Crippen LogP contribution in [0.15, 0.2) is 0 Å². The van der Waals surface area contributed by atoms with Gasteiger partial charge in [-0.3, -0.25) is 4.90 Å². The smallest absolute Gasteiger partial charge is 0.0715 e. The predicted molar refractivity (Wildman–Crippen MR) is 72.9 cm³/mol. The van der Waals surface area contributed by atoms with E-state index >= 15 is 0 Å². The van der Waals surface area contributed by atoms with Gasteiger partial charge in [-0.1, -0.05) is 32.1 Å². The van der Waals surface area contributed by atoms with Crippen molar-refractivity contribution in [3.63, 3.8) is 0 Å². The molecule has 1 heterocycles. The van der Waals surface area contributed by atoms with Crippen molar-refractivity contribution in [2.75, 3.05) is 13.1 Å². The molecule has 2 atom stereocenters. The molecule has 1 saturated carbocycles. The van der Waals surface area contributed by atoms with Gasteiger partial charge in [-0.2, -0.15) is 0 Å². The zero-order valence-corrected chi connectivity index (χ0v) is 11.3. The zero-order valence-electron chi connectivity index (χ0n) is 11.3. The van der Waals surface area contributed by atoms with Crippen LogP contribution < -0.4 is 5.32 Å². The summed E-state index contributed by atoms with van der Waals surface area (Å²) in [7, 11) is 0. The van der Waals surface area contributed by atoms with Gasteiger partial charge in [0.05, 0.1) is 6.04 Å². The van der Waals surface area contributed by atoms with Crippen molar-refractivity contribution < 1.29 is 0 Å². The molecule has 2 aliphatic rings. The van der Waals surface area contributed by atoms with Gasteiger partial charge < -0.3 is 5.32 Å². The third kappa shape index (κ3) is 2.67. The predicted octanol–water partition coefficient (Wildman–Crippen LogP) is 2.39. The third-order valence-corrected chi connectivity index (χ3v) is 4.54. The van der Waals surface area contributed by atoms with Crippen LogP contribution in [0.25, 0.3) is 0 Å². The topological polar surface area (TPSA) is 15.3 Å². The SMILES string of the molecule is C#CC(CCC)N1CC2(CCCC2)NCC1C. The van der Waals surface area contributed by atoms with Crippen molar-refractivity contribution in [1.29, 1.82) is 0 Å². The quantitative estimate of drug-likeness (QED) is 0.754. The number of hydrogen-bond acceptors (Lipinski definition) is 2. The lowest BCUT2D eigenvalue weighted by atomic mass is 9.91. The molecule has 96 valence electrons. The van der Waals surface area contributed by atoms with Crippen molar-refractivity contribution in [3.05, 3.63) is 0 Å². The molecule has 2 rings (SSSR count). The standard InChI is InChI=1S/C15H26N2/c1-4-8-14(5-2)17-12-15(9-6-7-10-15)16-11-13(17)3/h2,13-14,16H,4,6-12H2,1,3H3. The Kier molecular flexibility index (Phi) is 4.12. The monoisotopic (exact) mass is 234 g/mol. The Labute approximate surface area is 106 Å². The molecule has 2 heteroatoms. The summed E-state index contributed by atoms with van der Waals surface area (Å²) in [5.74, 6) is 3.01. The van der Waals surface area contributed by atoms with Gasteiger partial charge in [0.1, 0.15) is 0 Å². The molecule has 0 amide bonds. The van der Waals surface area contributed by atoms with Gasteiger partial charge in [-0.05, 0) is 26.2 Å². The van der Waals surface area contributed by atoms with Crippen LogP contribution >= 0.6 is 0 Å². The number of nitrogens with one attached hydrogen (secondary N) is 1. The van der Waals surface area contributed by atoms with E-state index in [1.807, 2.05) is 0 Å². The van der Waals surface area contributed by atoms with Gasteiger partial charge in [0, 0.05) is 24.7 Å². The van der Waals surface area contributed by atoms with E-state index in [0.29, 0.717) is 17.6 Å². The van der Waals surface area contributed by atoms with E-state index in [1.165, 1.54) is 32.1 Å². The number of rotatable bonds is 3. The minimum atomic E-state index is 0.342. The van der Waals surface area contributed by atoms with E-state index in [0.717, 1.165) is 19.5 Å². The molecule has 2 fully saturated rings. The van der Waals surface area contributed by atoms with E-state index in [9.17, 15) is 0 Å². The lowest BCUT2D eigenvalue weighted by molar-refractivity contribution is 0.0665. The second-order valence-electron chi connectivity index (χ2n) is 5.86. The van der Waals surface area contributed by atoms with E-state index in [4.69, 9.17) is 6.42 Å². The second kappa shape index (κ2) is 5.42. The van der Waals surface area contributed by atoms with Crippen molar-refractivity contribution >= 4 is 0 Å². The third-order valence-electron chi connectivity index (χ3n) is 4.54. The molecule has 2 nitrogen and oxygen atoms in total. The highest BCUT2D eigenvalue weighted by atomic mass is 15.3. The summed E-state index contributed by atoms with van der Waals surface area (Å²) in [5, 5.41) is 3.79. The van der Waals surface area contributed by atoms with Crippen LogP contribution in [0.2, 0.25) is 0 Å². The van der Waals surface area contributed by atoms with E-state index in [2.05, 4.69) is 30.0 Å². The highest BCUT2D eigenvalue weighted by Gasteiger charge is 2.41. The summed E-state index contributed by atoms with van der Waals surface area (Å²) in [4.78, 5) is 2.57. The summed E-state index contributed by atoms with van der Waals surface area (Å²) in [5.41, 5.74) is 0.384. The molecule has 1 aliphatic heterocycles. The van der Waals surface area contributed by atoms with Gasteiger partial charge in [-0.25, -0.2) is 0 Å². The van der Waals surface area contributed by atoms with Crippen molar-refractivity contribution in [2.45, 2.75) is 70.0 Å². The van der Waals surface area contributed by atoms with E-state index in [-0.39, 0.29) is 0 Å². The first-order valence-electron chi connectivity index (χ1n) is 7.18. The number of terminal acetylenes is 1. The summed E-state index contributed by atoms with van der Waals surface area (Å²) in [6.07, 6.45) is 13.5. The lowest BCUT2D eigenvalue weighted by Gasteiger charge is -2.47. The van der Waals surface area contributed by atoms with Crippen LogP contribution in [-0.2, 0) is 0 Å². The first-order chi connectivity index (χ1) is 8.21. The van der Waals surface area contributed by atoms with E-state index < -0.39 is 0 Å². The highest BCUT2D eigenvalue weighted by Crippen LogP contribution is 2.34. The van der Waals surface area contributed by atoms with Crippen LogP contribution in [0.3, 0.4) is 0 Å². The fourth-order valence-electron chi connectivity index (χ4n) is 3.47. The molecular formula is C15H26N2. The summed E-state index contributed by atoms with van der Waals surface area (Å²) >= 11 is 0. The summed E-state index contributed by atoms with van der Waals surface area (Å²) < 4.78 is 0. The Bertz CT molecular complexity index is 286. The highest BCUT2D eigenvalue weighted by molar-refractivity contribution is 5.07. The first-order valence-corrected chi connectivity index (χ1v) is 7.18. The molecule has 0 bridgehead atoms. The first kappa shape index (κ1) is 12.9. The number of nitrogens with zero attached hydrogens (tertiary/aromatic N) is 1. The average Bonchev–Trinajstić information content (AvgIpc) is 2.78. The molecular weight excluding hydrogens is 208 g/mol. The minimum Gasteiger partial charge on any atom is -0.308 e. The summed E-state index contributed by atoms with van der Waals surface area (Å²) in [6, 6.07) is 0.920. The normalized spacial score (nSPS) is 30.3. The van der Waals surface area contributed by atoms with Gasteiger partial charge >= 0.3 is 0 Å². The zero-order chi connectivity index (χ0) is 12.3. The second-order valence-corrected chi connectivity index (χ2v) is 5.86. The Morgan fingerprint density at radius 2 is 2.18 bits per heavy atom. The molecule has 1 aliphatic carbocycles. The van der Waals surface area contributed by atoms with Gasteiger partial charge in [0.2, 0.25) is 0 Å². The van der Waals surface area contributed by atoms with Crippen LogP contribution in [0, 0.1) is 12.3 Å². The summed E-state index contributed by atoms with van der Waals surface area (Å²) in [6.45, 7) is 6.78. The largest absolute Gasteiger partial charge is 0.308 e. The molecule has 1 spiro atoms. The van der Waals surface area contributed by atoms with Crippen LogP contribution in [-0.4, -0.2) is 35.6 Å². The molecule has 0 radical (unpaired) electrons. The van der Waals surface area contributed by atoms with Crippen LogP contribution in [0.4, 0.5) is 0 Å². The number of hydrogen-bond donors (Lipinski definition) is 1. The maximum atomic E-state index is 5.73. The van der Waals surface area contributed by atoms with Gasteiger partial charge in [0.25, 0.3) is 0 Å².